The minimum Gasteiger partial charge on any atom is -0.484 e. The molecule has 4 rings (SSSR count). The first-order valence-electron chi connectivity index (χ1n) is 10.1. The molecule has 31 heavy (non-hydrogen) atoms. The second-order valence-corrected chi connectivity index (χ2v) is 10.5. The Morgan fingerprint density at radius 1 is 1.13 bits per heavy atom. The van der Waals surface area contributed by atoms with Crippen LogP contribution in [0.15, 0.2) is 64.2 Å². The summed E-state index contributed by atoms with van der Waals surface area (Å²) in [7, 11) is -3.50. The van der Waals surface area contributed by atoms with Crippen LogP contribution in [0.1, 0.15) is 23.6 Å². The third-order valence-electron chi connectivity index (χ3n) is 5.26. The second kappa shape index (κ2) is 9.21. The molecule has 8 heteroatoms. The van der Waals surface area contributed by atoms with Crippen LogP contribution in [0.5, 0.6) is 5.75 Å². The number of rotatable bonds is 7. The molecule has 1 N–H and O–H groups in total. The molecule has 2 heterocycles. The third-order valence-corrected chi connectivity index (χ3v) is 8.48. The Bertz CT molecular complexity index is 1160. The van der Waals surface area contributed by atoms with Crippen molar-refractivity contribution in [3.05, 3.63) is 76.7 Å². The summed E-state index contributed by atoms with van der Waals surface area (Å²) in [6.07, 6.45) is 1.59. The van der Waals surface area contributed by atoms with Crippen LogP contribution in [0.4, 0.5) is 5.69 Å². The standard InChI is InChI=1S/C23H24N2O4S2/c1-2-17-5-9-21(10-6-17)29-16-22(26)24-20-8-7-18-11-12-25(15-19(18)14-20)31(27,28)23-4-3-13-30-23/h3-10,13-14H,2,11-12,15-16H2,1H3,(H,24,26). The van der Waals surface area contributed by atoms with Crippen molar-refractivity contribution >= 4 is 33.0 Å². The van der Waals surface area contributed by atoms with Crippen LogP contribution in [0.3, 0.4) is 0 Å². The van der Waals surface area contributed by atoms with Gasteiger partial charge in [0.25, 0.3) is 15.9 Å². The molecule has 0 saturated carbocycles. The molecular formula is C23H24N2O4S2. The zero-order chi connectivity index (χ0) is 21.8. The van der Waals surface area contributed by atoms with Gasteiger partial charge in [-0.1, -0.05) is 31.2 Å². The van der Waals surface area contributed by atoms with Gasteiger partial charge in [-0.05, 0) is 65.2 Å². The Morgan fingerprint density at radius 2 is 1.94 bits per heavy atom. The molecule has 0 saturated heterocycles. The summed E-state index contributed by atoms with van der Waals surface area (Å²) in [6, 6.07) is 16.7. The fraction of sp³-hybridized carbons (Fsp3) is 0.261. The molecule has 1 amide bonds. The molecular weight excluding hydrogens is 432 g/mol. The van der Waals surface area contributed by atoms with Crippen molar-refractivity contribution in [1.29, 1.82) is 0 Å². The Hall–Kier alpha value is -2.68. The first kappa shape index (κ1) is 21.5. The van der Waals surface area contributed by atoms with Gasteiger partial charge < -0.3 is 10.1 Å². The van der Waals surface area contributed by atoms with E-state index >= 15 is 0 Å². The Labute approximate surface area is 186 Å². The lowest BCUT2D eigenvalue weighted by Gasteiger charge is -2.28. The maximum atomic E-state index is 12.8. The SMILES string of the molecule is CCc1ccc(OCC(=O)Nc2ccc3c(c2)CN(S(=O)(=O)c2cccs2)CC3)cc1. The summed E-state index contributed by atoms with van der Waals surface area (Å²) < 4.78 is 33.1. The van der Waals surface area contributed by atoms with Crippen LogP contribution in [-0.2, 0) is 34.2 Å². The summed E-state index contributed by atoms with van der Waals surface area (Å²) in [5.74, 6) is 0.380. The lowest BCUT2D eigenvalue weighted by Crippen LogP contribution is -2.35. The van der Waals surface area contributed by atoms with E-state index in [0.717, 1.165) is 17.5 Å². The number of nitrogens with one attached hydrogen (secondary N) is 1. The number of hydrogen-bond donors (Lipinski definition) is 1. The molecule has 1 aromatic heterocycles. The summed E-state index contributed by atoms with van der Waals surface area (Å²) in [4.78, 5) is 12.3. The number of carbonyl (C=O) groups excluding carboxylic acids is 1. The first-order chi connectivity index (χ1) is 15.0. The van der Waals surface area contributed by atoms with Gasteiger partial charge in [-0.2, -0.15) is 4.31 Å². The zero-order valence-electron chi connectivity index (χ0n) is 17.2. The maximum absolute atomic E-state index is 12.8. The van der Waals surface area contributed by atoms with E-state index in [0.29, 0.717) is 35.2 Å². The number of aryl methyl sites for hydroxylation is 1. The van der Waals surface area contributed by atoms with Crippen LogP contribution in [0.2, 0.25) is 0 Å². The maximum Gasteiger partial charge on any atom is 0.262 e. The molecule has 1 aliphatic heterocycles. The molecule has 0 spiro atoms. The molecule has 0 aliphatic carbocycles. The molecule has 0 radical (unpaired) electrons. The summed E-state index contributed by atoms with van der Waals surface area (Å²) >= 11 is 1.22. The number of nitrogens with zero attached hydrogens (tertiary/aromatic N) is 1. The molecule has 162 valence electrons. The smallest absolute Gasteiger partial charge is 0.262 e. The highest BCUT2D eigenvalue weighted by molar-refractivity contribution is 7.91. The molecule has 6 nitrogen and oxygen atoms in total. The van der Waals surface area contributed by atoms with Gasteiger partial charge in [0, 0.05) is 18.8 Å². The number of amides is 1. The zero-order valence-corrected chi connectivity index (χ0v) is 18.8. The van der Waals surface area contributed by atoms with Gasteiger partial charge >= 0.3 is 0 Å². The lowest BCUT2D eigenvalue weighted by atomic mass is 10.0. The second-order valence-electron chi connectivity index (χ2n) is 7.34. The Morgan fingerprint density at radius 3 is 2.65 bits per heavy atom. The van der Waals surface area contributed by atoms with Gasteiger partial charge in [-0.15, -0.1) is 11.3 Å². The highest BCUT2D eigenvalue weighted by Crippen LogP contribution is 2.28. The molecule has 0 bridgehead atoms. The van der Waals surface area contributed by atoms with E-state index in [9.17, 15) is 13.2 Å². The fourth-order valence-electron chi connectivity index (χ4n) is 3.52. The monoisotopic (exact) mass is 456 g/mol. The third kappa shape index (κ3) is 4.98. The van der Waals surface area contributed by atoms with E-state index in [1.807, 2.05) is 42.5 Å². The quantitative estimate of drug-likeness (QED) is 0.581. The average molecular weight is 457 g/mol. The predicted molar refractivity (Wildman–Crippen MR) is 122 cm³/mol. The van der Waals surface area contributed by atoms with Crippen LogP contribution in [0.25, 0.3) is 0 Å². The Kier molecular flexibility index (Phi) is 6.41. The van der Waals surface area contributed by atoms with Gasteiger partial charge in [0.15, 0.2) is 6.61 Å². The van der Waals surface area contributed by atoms with Crippen LogP contribution < -0.4 is 10.1 Å². The van der Waals surface area contributed by atoms with Crippen molar-refractivity contribution in [3.8, 4) is 5.75 Å². The number of ether oxygens (including phenoxy) is 1. The molecule has 1 aliphatic rings. The van der Waals surface area contributed by atoms with Crippen molar-refractivity contribution in [1.82, 2.24) is 4.31 Å². The fourth-order valence-corrected chi connectivity index (χ4v) is 6.08. The number of benzene rings is 2. The molecule has 0 fully saturated rings. The molecule has 3 aromatic rings. The van der Waals surface area contributed by atoms with Crippen molar-refractivity contribution in [3.63, 3.8) is 0 Å². The average Bonchev–Trinajstić information content (AvgIpc) is 3.33. The summed E-state index contributed by atoms with van der Waals surface area (Å²) in [6.45, 7) is 2.73. The summed E-state index contributed by atoms with van der Waals surface area (Å²) in [5, 5.41) is 4.60. The van der Waals surface area contributed by atoms with Gasteiger partial charge in [0.1, 0.15) is 9.96 Å². The lowest BCUT2D eigenvalue weighted by molar-refractivity contribution is -0.118. The predicted octanol–water partition coefficient (Wildman–Crippen LogP) is 4.08. The Balaban J connectivity index is 1.39. The van der Waals surface area contributed by atoms with E-state index in [-0.39, 0.29) is 12.5 Å². The number of fused-ring (bicyclic) bond motifs is 1. The largest absolute Gasteiger partial charge is 0.484 e. The van der Waals surface area contributed by atoms with Crippen molar-refractivity contribution in [2.45, 2.75) is 30.5 Å². The highest BCUT2D eigenvalue weighted by Gasteiger charge is 2.29. The minimum atomic E-state index is -3.50. The van der Waals surface area contributed by atoms with Crippen molar-refractivity contribution in [2.24, 2.45) is 0 Å². The van der Waals surface area contributed by atoms with E-state index in [1.165, 1.54) is 21.2 Å². The van der Waals surface area contributed by atoms with E-state index in [4.69, 9.17) is 4.74 Å². The van der Waals surface area contributed by atoms with E-state index in [1.54, 1.807) is 17.5 Å². The molecule has 2 aromatic carbocycles. The number of anilines is 1. The number of hydrogen-bond acceptors (Lipinski definition) is 5. The number of thiophene rings is 1. The normalized spacial score (nSPS) is 14.1. The number of sulfonamides is 1. The summed E-state index contributed by atoms with van der Waals surface area (Å²) in [5.41, 5.74) is 3.84. The van der Waals surface area contributed by atoms with Gasteiger partial charge in [0.2, 0.25) is 0 Å². The number of carbonyl (C=O) groups is 1. The highest BCUT2D eigenvalue weighted by atomic mass is 32.2. The van der Waals surface area contributed by atoms with Crippen LogP contribution in [0, 0.1) is 0 Å². The van der Waals surface area contributed by atoms with Gasteiger partial charge in [-0.3, -0.25) is 4.79 Å². The van der Waals surface area contributed by atoms with Crippen LogP contribution in [-0.4, -0.2) is 31.8 Å². The van der Waals surface area contributed by atoms with Gasteiger partial charge in [0.05, 0.1) is 0 Å². The molecule has 0 unspecified atom stereocenters. The van der Waals surface area contributed by atoms with Gasteiger partial charge in [-0.25, -0.2) is 8.42 Å². The van der Waals surface area contributed by atoms with Crippen molar-refractivity contribution in [2.75, 3.05) is 18.5 Å². The minimum absolute atomic E-state index is 0.0958. The topological polar surface area (TPSA) is 75.7 Å². The molecule has 0 atom stereocenters. The van der Waals surface area contributed by atoms with Crippen molar-refractivity contribution < 1.29 is 17.9 Å². The van der Waals surface area contributed by atoms with E-state index < -0.39 is 10.0 Å². The first-order valence-corrected chi connectivity index (χ1v) is 12.4. The van der Waals surface area contributed by atoms with E-state index in [2.05, 4.69) is 12.2 Å². The van der Waals surface area contributed by atoms with Crippen LogP contribution >= 0.6 is 11.3 Å².